The molecule has 4 rings (SSSR count). The van der Waals surface area contributed by atoms with Crippen LogP contribution in [0.2, 0.25) is 0 Å². The second kappa shape index (κ2) is 6.94. The molecule has 6 heteroatoms. The van der Waals surface area contributed by atoms with Gasteiger partial charge in [-0.05, 0) is 44.0 Å². The SMILES string of the molecule is COc1ccc(N2CCN(c3nc(C)c4c(n3)CCCC4=O)CC2)cc1. The molecule has 26 heavy (non-hydrogen) atoms. The van der Waals surface area contributed by atoms with E-state index in [1.807, 2.05) is 19.1 Å². The average Bonchev–Trinajstić information content (AvgIpc) is 2.68. The van der Waals surface area contributed by atoms with Crippen LogP contribution in [0.5, 0.6) is 5.75 Å². The van der Waals surface area contributed by atoms with Crippen LogP contribution < -0.4 is 14.5 Å². The smallest absolute Gasteiger partial charge is 0.225 e. The van der Waals surface area contributed by atoms with E-state index in [0.29, 0.717) is 6.42 Å². The van der Waals surface area contributed by atoms with Gasteiger partial charge >= 0.3 is 0 Å². The predicted octanol–water partition coefficient (Wildman–Crippen LogP) is 2.64. The molecule has 1 aromatic carbocycles. The molecule has 0 amide bonds. The highest BCUT2D eigenvalue weighted by atomic mass is 16.5. The first kappa shape index (κ1) is 16.8. The minimum absolute atomic E-state index is 0.194. The quantitative estimate of drug-likeness (QED) is 0.846. The molecular weight excluding hydrogens is 328 g/mol. The molecule has 0 spiro atoms. The fourth-order valence-electron chi connectivity index (χ4n) is 3.80. The van der Waals surface area contributed by atoms with Gasteiger partial charge in [0.15, 0.2) is 5.78 Å². The van der Waals surface area contributed by atoms with Gasteiger partial charge in [-0.15, -0.1) is 0 Å². The molecule has 1 fully saturated rings. The van der Waals surface area contributed by atoms with Crippen LogP contribution >= 0.6 is 0 Å². The second-order valence-electron chi connectivity index (χ2n) is 6.88. The van der Waals surface area contributed by atoms with Gasteiger partial charge < -0.3 is 14.5 Å². The van der Waals surface area contributed by atoms with Crippen LogP contribution in [-0.4, -0.2) is 49.0 Å². The maximum absolute atomic E-state index is 12.1. The van der Waals surface area contributed by atoms with Crippen LogP contribution in [0, 0.1) is 6.92 Å². The maximum Gasteiger partial charge on any atom is 0.225 e. The number of methoxy groups -OCH3 is 1. The number of carbonyl (C=O) groups is 1. The molecular formula is C20H24N4O2. The third-order valence-corrected chi connectivity index (χ3v) is 5.25. The van der Waals surface area contributed by atoms with Crippen molar-refractivity contribution in [3.8, 4) is 5.75 Å². The molecule has 6 nitrogen and oxygen atoms in total. The summed E-state index contributed by atoms with van der Waals surface area (Å²) in [4.78, 5) is 26.1. The molecule has 2 heterocycles. The van der Waals surface area contributed by atoms with E-state index in [1.54, 1.807) is 7.11 Å². The number of anilines is 2. The van der Waals surface area contributed by atoms with E-state index < -0.39 is 0 Å². The number of carbonyl (C=O) groups excluding carboxylic acids is 1. The summed E-state index contributed by atoms with van der Waals surface area (Å²) >= 11 is 0. The first-order chi connectivity index (χ1) is 12.7. The fourth-order valence-corrected chi connectivity index (χ4v) is 3.80. The van der Waals surface area contributed by atoms with Crippen molar-refractivity contribution in [1.82, 2.24) is 9.97 Å². The molecule has 1 aromatic heterocycles. The highest BCUT2D eigenvalue weighted by molar-refractivity contribution is 5.99. The minimum Gasteiger partial charge on any atom is -0.497 e. The lowest BCUT2D eigenvalue weighted by atomic mass is 9.94. The van der Waals surface area contributed by atoms with Gasteiger partial charge in [0, 0.05) is 38.3 Å². The Hall–Kier alpha value is -2.63. The van der Waals surface area contributed by atoms with Crippen LogP contribution in [0.3, 0.4) is 0 Å². The topological polar surface area (TPSA) is 58.6 Å². The fraction of sp³-hybridized carbons (Fsp3) is 0.450. The molecule has 136 valence electrons. The number of nitrogens with zero attached hydrogens (tertiary/aromatic N) is 4. The Bertz CT molecular complexity index is 811. The van der Waals surface area contributed by atoms with Crippen molar-refractivity contribution >= 4 is 17.4 Å². The lowest BCUT2D eigenvalue weighted by Crippen LogP contribution is -2.47. The van der Waals surface area contributed by atoms with Crippen molar-refractivity contribution < 1.29 is 9.53 Å². The maximum atomic E-state index is 12.1. The molecule has 1 aliphatic heterocycles. The summed E-state index contributed by atoms with van der Waals surface area (Å²) in [5.41, 5.74) is 3.73. The molecule has 0 N–H and O–H groups in total. The number of benzene rings is 1. The normalized spacial score (nSPS) is 17.2. The summed E-state index contributed by atoms with van der Waals surface area (Å²) in [5.74, 6) is 1.84. The van der Waals surface area contributed by atoms with Crippen molar-refractivity contribution in [3.63, 3.8) is 0 Å². The number of aryl methyl sites for hydroxylation is 2. The first-order valence-electron chi connectivity index (χ1n) is 9.20. The van der Waals surface area contributed by atoms with Crippen LogP contribution in [0.4, 0.5) is 11.6 Å². The molecule has 1 saturated heterocycles. The number of hydrogen-bond donors (Lipinski definition) is 0. The van der Waals surface area contributed by atoms with E-state index in [9.17, 15) is 4.79 Å². The zero-order valence-electron chi connectivity index (χ0n) is 15.4. The van der Waals surface area contributed by atoms with E-state index in [4.69, 9.17) is 9.72 Å². The number of ether oxygens (including phenoxy) is 1. The monoisotopic (exact) mass is 352 g/mol. The third kappa shape index (κ3) is 3.11. The van der Waals surface area contributed by atoms with Gasteiger partial charge in [0.1, 0.15) is 5.75 Å². The van der Waals surface area contributed by atoms with Crippen LogP contribution in [0.15, 0.2) is 24.3 Å². The Morgan fingerprint density at radius 1 is 0.962 bits per heavy atom. The van der Waals surface area contributed by atoms with Crippen molar-refractivity contribution in [2.75, 3.05) is 43.1 Å². The summed E-state index contributed by atoms with van der Waals surface area (Å²) in [6.07, 6.45) is 2.40. The summed E-state index contributed by atoms with van der Waals surface area (Å²) in [7, 11) is 1.68. The summed E-state index contributed by atoms with van der Waals surface area (Å²) in [6, 6.07) is 8.18. The number of hydrogen-bond acceptors (Lipinski definition) is 6. The molecule has 0 unspecified atom stereocenters. The summed E-state index contributed by atoms with van der Waals surface area (Å²) < 4.78 is 5.23. The van der Waals surface area contributed by atoms with Crippen molar-refractivity contribution in [3.05, 3.63) is 41.2 Å². The Balaban J connectivity index is 1.48. The second-order valence-corrected chi connectivity index (χ2v) is 6.88. The minimum atomic E-state index is 0.194. The Morgan fingerprint density at radius 3 is 2.35 bits per heavy atom. The number of aromatic nitrogens is 2. The van der Waals surface area contributed by atoms with E-state index in [2.05, 4.69) is 26.9 Å². The lowest BCUT2D eigenvalue weighted by molar-refractivity contribution is 0.0970. The Kier molecular flexibility index (Phi) is 4.49. The highest BCUT2D eigenvalue weighted by Gasteiger charge is 2.25. The predicted molar refractivity (Wildman–Crippen MR) is 101 cm³/mol. The van der Waals surface area contributed by atoms with E-state index in [1.165, 1.54) is 5.69 Å². The average molecular weight is 352 g/mol. The molecule has 2 aliphatic rings. The molecule has 2 aromatic rings. The van der Waals surface area contributed by atoms with Gasteiger partial charge in [-0.1, -0.05) is 0 Å². The molecule has 0 radical (unpaired) electrons. The van der Waals surface area contributed by atoms with Gasteiger partial charge in [-0.25, -0.2) is 9.97 Å². The molecule has 1 aliphatic carbocycles. The highest BCUT2D eigenvalue weighted by Crippen LogP contribution is 2.26. The van der Waals surface area contributed by atoms with Gasteiger partial charge in [0.05, 0.1) is 24.1 Å². The van der Waals surface area contributed by atoms with Gasteiger partial charge in [-0.2, -0.15) is 0 Å². The van der Waals surface area contributed by atoms with E-state index in [0.717, 1.165) is 67.7 Å². The number of piperazine rings is 1. The van der Waals surface area contributed by atoms with Crippen molar-refractivity contribution in [2.24, 2.45) is 0 Å². The summed E-state index contributed by atoms with van der Waals surface area (Å²) in [6.45, 7) is 5.52. The standard InChI is InChI=1S/C20H24N4O2/c1-14-19-17(4-3-5-18(19)25)22-20(21-14)24-12-10-23(11-13-24)15-6-8-16(26-2)9-7-15/h6-9H,3-5,10-13H2,1-2H3. The zero-order chi connectivity index (χ0) is 18.1. The van der Waals surface area contributed by atoms with Crippen molar-refractivity contribution in [2.45, 2.75) is 26.2 Å². The third-order valence-electron chi connectivity index (χ3n) is 5.25. The van der Waals surface area contributed by atoms with E-state index >= 15 is 0 Å². The molecule has 0 saturated carbocycles. The number of rotatable bonds is 3. The number of Topliss-reactive ketones (excluding diaryl/α,β-unsaturated/α-hetero) is 1. The Labute approximate surface area is 153 Å². The van der Waals surface area contributed by atoms with Gasteiger partial charge in [0.2, 0.25) is 5.95 Å². The molecule has 0 atom stereocenters. The summed E-state index contributed by atoms with van der Waals surface area (Å²) in [5, 5.41) is 0. The Morgan fingerprint density at radius 2 is 1.65 bits per heavy atom. The van der Waals surface area contributed by atoms with Crippen LogP contribution in [-0.2, 0) is 6.42 Å². The van der Waals surface area contributed by atoms with Crippen LogP contribution in [0.1, 0.15) is 34.6 Å². The number of ketones is 1. The van der Waals surface area contributed by atoms with Crippen molar-refractivity contribution in [1.29, 1.82) is 0 Å². The zero-order valence-corrected chi connectivity index (χ0v) is 15.4. The van der Waals surface area contributed by atoms with Crippen LogP contribution in [0.25, 0.3) is 0 Å². The first-order valence-corrected chi connectivity index (χ1v) is 9.20. The lowest BCUT2D eigenvalue weighted by Gasteiger charge is -2.36. The van der Waals surface area contributed by atoms with Gasteiger partial charge in [0.25, 0.3) is 0 Å². The van der Waals surface area contributed by atoms with Gasteiger partial charge in [-0.3, -0.25) is 4.79 Å². The number of fused-ring (bicyclic) bond motifs is 1. The van der Waals surface area contributed by atoms with E-state index in [-0.39, 0.29) is 5.78 Å². The largest absolute Gasteiger partial charge is 0.497 e. The molecule has 0 bridgehead atoms.